The molecule has 0 radical (unpaired) electrons. The zero-order valence-corrected chi connectivity index (χ0v) is 13.6. The van der Waals surface area contributed by atoms with Gasteiger partial charge in [-0.3, -0.25) is 11.3 Å². The van der Waals surface area contributed by atoms with E-state index < -0.39 is 0 Å². The molecule has 4 nitrogen and oxygen atoms in total. The topological polar surface area (TPSA) is 56.5 Å². The lowest BCUT2D eigenvalue weighted by Crippen LogP contribution is -2.51. The van der Waals surface area contributed by atoms with E-state index in [1.807, 2.05) is 18.2 Å². The van der Waals surface area contributed by atoms with Crippen molar-refractivity contribution < 1.29 is 9.47 Å². The van der Waals surface area contributed by atoms with Crippen LogP contribution in [-0.4, -0.2) is 19.8 Å². The van der Waals surface area contributed by atoms with Crippen LogP contribution in [0.15, 0.2) is 24.3 Å². The molecule has 0 spiro atoms. The summed E-state index contributed by atoms with van der Waals surface area (Å²) in [5.41, 5.74) is 4.22. The number of nitrogens with one attached hydrogen (secondary N) is 1. The van der Waals surface area contributed by atoms with Crippen molar-refractivity contribution in [1.82, 2.24) is 5.43 Å². The maximum atomic E-state index is 5.97. The van der Waals surface area contributed by atoms with Crippen molar-refractivity contribution in [1.29, 1.82) is 0 Å². The molecule has 1 aliphatic rings. The van der Waals surface area contributed by atoms with E-state index in [0.29, 0.717) is 5.41 Å². The standard InChI is InChI=1S/C17H28N2O2/c1-16(2)8-10-17(21-4,11-9-16)15(19-18)13-6-5-7-14(12-13)20-3/h5-7,12,15,19H,8-11,18H2,1-4H3. The minimum Gasteiger partial charge on any atom is -0.497 e. The van der Waals surface area contributed by atoms with Gasteiger partial charge in [0.2, 0.25) is 0 Å². The predicted molar refractivity (Wildman–Crippen MR) is 85.0 cm³/mol. The highest BCUT2D eigenvalue weighted by Gasteiger charge is 2.44. The van der Waals surface area contributed by atoms with Crippen molar-refractivity contribution >= 4 is 0 Å². The Labute approximate surface area is 128 Å². The minimum absolute atomic E-state index is 0.0336. The molecule has 0 aromatic heterocycles. The summed E-state index contributed by atoms with van der Waals surface area (Å²) in [5.74, 6) is 6.73. The first-order valence-corrected chi connectivity index (χ1v) is 7.62. The van der Waals surface area contributed by atoms with Crippen LogP contribution in [0.4, 0.5) is 0 Å². The molecule has 1 aliphatic carbocycles. The Morgan fingerprint density at radius 3 is 2.33 bits per heavy atom. The largest absolute Gasteiger partial charge is 0.497 e. The molecule has 0 aliphatic heterocycles. The first kappa shape index (κ1) is 16.3. The lowest BCUT2D eigenvalue weighted by molar-refractivity contribution is -0.0877. The smallest absolute Gasteiger partial charge is 0.119 e. The third-order valence-corrected chi connectivity index (χ3v) is 4.98. The maximum absolute atomic E-state index is 5.97. The lowest BCUT2D eigenvalue weighted by Gasteiger charge is -2.47. The number of hydrazine groups is 1. The number of benzene rings is 1. The van der Waals surface area contributed by atoms with Crippen LogP contribution < -0.4 is 16.0 Å². The van der Waals surface area contributed by atoms with E-state index in [1.165, 1.54) is 0 Å². The second-order valence-corrected chi connectivity index (χ2v) is 6.81. The molecule has 118 valence electrons. The number of nitrogens with two attached hydrogens (primary N) is 1. The molecule has 1 aromatic carbocycles. The molecule has 0 heterocycles. The Bertz CT molecular complexity index is 464. The average molecular weight is 292 g/mol. The van der Waals surface area contributed by atoms with Gasteiger partial charge in [-0.05, 0) is 48.8 Å². The van der Waals surface area contributed by atoms with Crippen molar-refractivity contribution in [2.75, 3.05) is 14.2 Å². The molecule has 1 fully saturated rings. The summed E-state index contributed by atoms with van der Waals surface area (Å²) in [6, 6.07) is 8.02. The van der Waals surface area contributed by atoms with Crippen LogP contribution in [0, 0.1) is 5.41 Å². The van der Waals surface area contributed by atoms with Crippen molar-refractivity contribution in [2.45, 2.75) is 51.2 Å². The van der Waals surface area contributed by atoms with Crippen LogP contribution in [0.2, 0.25) is 0 Å². The fourth-order valence-electron chi connectivity index (χ4n) is 3.33. The van der Waals surface area contributed by atoms with Crippen molar-refractivity contribution in [3.63, 3.8) is 0 Å². The van der Waals surface area contributed by atoms with Gasteiger partial charge < -0.3 is 9.47 Å². The molecule has 1 saturated carbocycles. The lowest BCUT2D eigenvalue weighted by atomic mass is 9.67. The monoisotopic (exact) mass is 292 g/mol. The van der Waals surface area contributed by atoms with Crippen LogP contribution in [0.1, 0.15) is 51.1 Å². The van der Waals surface area contributed by atoms with Crippen molar-refractivity contribution in [2.24, 2.45) is 11.3 Å². The summed E-state index contributed by atoms with van der Waals surface area (Å²) >= 11 is 0. The quantitative estimate of drug-likeness (QED) is 0.646. The maximum Gasteiger partial charge on any atom is 0.119 e. The summed E-state index contributed by atoms with van der Waals surface area (Å²) in [6.45, 7) is 4.64. The van der Waals surface area contributed by atoms with Crippen LogP contribution in [0.5, 0.6) is 5.75 Å². The summed E-state index contributed by atoms with van der Waals surface area (Å²) < 4.78 is 11.3. The summed E-state index contributed by atoms with van der Waals surface area (Å²) in [4.78, 5) is 0. The zero-order valence-electron chi connectivity index (χ0n) is 13.6. The Hall–Kier alpha value is -1.10. The molecule has 1 unspecified atom stereocenters. The molecule has 1 aromatic rings. The van der Waals surface area contributed by atoms with Gasteiger partial charge in [0.25, 0.3) is 0 Å². The number of rotatable bonds is 5. The number of ether oxygens (including phenoxy) is 2. The third-order valence-electron chi connectivity index (χ3n) is 4.98. The molecule has 2 rings (SSSR count). The number of hydrogen-bond donors (Lipinski definition) is 2. The third kappa shape index (κ3) is 3.39. The Kier molecular flexibility index (Phi) is 4.91. The zero-order chi connectivity index (χ0) is 15.5. The van der Waals surface area contributed by atoms with Gasteiger partial charge in [0.15, 0.2) is 0 Å². The number of hydrogen-bond acceptors (Lipinski definition) is 4. The summed E-state index contributed by atoms with van der Waals surface area (Å²) in [5, 5.41) is 0. The van der Waals surface area contributed by atoms with Gasteiger partial charge >= 0.3 is 0 Å². The van der Waals surface area contributed by atoms with Crippen molar-refractivity contribution in [3.05, 3.63) is 29.8 Å². The van der Waals surface area contributed by atoms with Gasteiger partial charge in [-0.15, -0.1) is 0 Å². The first-order chi connectivity index (χ1) is 9.96. The Balaban J connectivity index is 2.29. The Morgan fingerprint density at radius 1 is 1.14 bits per heavy atom. The van der Waals surface area contributed by atoms with Gasteiger partial charge in [0.1, 0.15) is 5.75 Å². The van der Waals surface area contributed by atoms with Crippen LogP contribution in [-0.2, 0) is 4.74 Å². The highest BCUT2D eigenvalue weighted by Crippen LogP contribution is 2.47. The SMILES string of the molecule is COc1cccc(C(NN)C2(OC)CCC(C)(C)CC2)c1. The van der Waals surface area contributed by atoms with E-state index in [-0.39, 0.29) is 11.6 Å². The molecule has 0 bridgehead atoms. The molecule has 0 amide bonds. The summed E-state index contributed by atoms with van der Waals surface area (Å²) in [7, 11) is 3.47. The molecule has 3 N–H and O–H groups in total. The van der Waals surface area contributed by atoms with E-state index in [9.17, 15) is 0 Å². The van der Waals surface area contributed by atoms with E-state index in [0.717, 1.165) is 37.0 Å². The van der Waals surface area contributed by atoms with Gasteiger partial charge in [-0.2, -0.15) is 0 Å². The van der Waals surface area contributed by atoms with E-state index >= 15 is 0 Å². The molecule has 4 heteroatoms. The van der Waals surface area contributed by atoms with E-state index in [2.05, 4.69) is 25.3 Å². The molecular weight excluding hydrogens is 264 g/mol. The molecule has 1 atom stereocenters. The fraction of sp³-hybridized carbons (Fsp3) is 0.647. The summed E-state index contributed by atoms with van der Waals surface area (Å²) in [6.07, 6.45) is 4.29. The fourth-order valence-corrected chi connectivity index (χ4v) is 3.33. The second kappa shape index (κ2) is 6.34. The second-order valence-electron chi connectivity index (χ2n) is 6.81. The van der Waals surface area contributed by atoms with Gasteiger partial charge in [0, 0.05) is 7.11 Å². The van der Waals surface area contributed by atoms with Crippen LogP contribution in [0.3, 0.4) is 0 Å². The van der Waals surface area contributed by atoms with Gasteiger partial charge in [-0.25, -0.2) is 0 Å². The van der Waals surface area contributed by atoms with Gasteiger partial charge in [0.05, 0.1) is 18.8 Å². The highest BCUT2D eigenvalue weighted by atomic mass is 16.5. The molecule has 21 heavy (non-hydrogen) atoms. The minimum atomic E-state index is -0.253. The normalized spacial score (nSPS) is 21.8. The average Bonchev–Trinajstić information content (AvgIpc) is 2.50. The van der Waals surface area contributed by atoms with Crippen LogP contribution in [0.25, 0.3) is 0 Å². The van der Waals surface area contributed by atoms with Crippen LogP contribution >= 0.6 is 0 Å². The number of methoxy groups -OCH3 is 2. The Morgan fingerprint density at radius 2 is 1.81 bits per heavy atom. The van der Waals surface area contributed by atoms with Crippen molar-refractivity contribution in [3.8, 4) is 5.75 Å². The molecule has 0 saturated heterocycles. The van der Waals surface area contributed by atoms with E-state index in [1.54, 1.807) is 14.2 Å². The predicted octanol–water partition coefficient (Wildman–Crippen LogP) is 3.19. The first-order valence-electron chi connectivity index (χ1n) is 7.62. The molecular formula is C17H28N2O2. The highest BCUT2D eigenvalue weighted by molar-refractivity contribution is 5.32. The van der Waals surface area contributed by atoms with E-state index in [4.69, 9.17) is 15.3 Å². The van der Waals surface area contributed by atoms with Gasteiger partial charge in [-0.1, -0.05) is 26.0 Å².